The van der Waals surface area contributed by atoms with Gasteiger partial charge < -0.3 is 10.2 Å². The molecule has 1 fully saturated rings. The molecule has 1 N–H and O–H groups in total. The first-order valence-electron chi connectivity index (χ1n) is 7.79. The highest BCUT2D eigenvalue weighted by molar-refractivity contribution is 7.91. The minimum atomic E-state index is -3.13. The summed E-state index contributed by atoms with van der Waals surface area (Å²) in [6, 6.07) is -0.302. The van der Waals surface area contributed by atoms with Crippen molar-refractivity contribution in [1.29, 1.82) is 0 Å². The predicted octanol–water partition coefficient (Wildman–Crippen LogP) is 1.29. The van der Waals surface area contributed by atoms with Gasteiger partial charge in [0.25, 0.3) is 0 Å². The van der Waals surface area contributed by atoms with E-state index in [-0.39, 0.29) is 11.9 Å². The molecule has 0 aromatic carbocycles. The molecule has 1 saturated heterocycles. The number of hydrogen-bond donors (Lipinski definition) is 1. The monoisotopic (exact) mass is 318 g/mol. The molecule has 0 bridgehead atoms. The van der Waals surface area contributed by atoms with Crippen molar-refractivity contribution >= 4 is 15.7 Å². The van der Waals surface area contributed by atoms with Crippen molar-refractivity contribution < 1.29 is 13.2 Å². The minimum absolute atomic E-state index is 0.0380. The summed E-state index contributed by atoms with van der Waals surface area (Å²) in [5, 5.41) is 2.83. The number of nitrogens with one attached hydrogen (secondary N) is 1. The molecule has 21 heavy (non-hydrogen) atoms. The summed E-state index contributed by atoms with van der Waals surface area (Å²) in [7, 11) is -1.42. The molecule has 1 aliphatic rings. The largest absolute Gasteiger partial charge is 0.342 e. The molecule has 4 unspecified atom stereocenters. The van der Waals surface area contributed by atoms with Gasteiger partial charge in [0.05, 0.1) is 5.25 Å². The van der Waals surface area contributed by atoms with Crippen LogP contribution in [-0.2, 0) is 14.6 Å². The van der Waals surface area contributed by atoms with Crippen LogP contribution in [0, 0.1) is 11.8 Å². The van der Waals surface area contributed by atoms with E-state index in [0.29, 0.717) is 18.3 Å². The van der Waals surface area contributed by atoms with Crippen molar-refractivity contribution in [1.82, 2.24) is 10.2 Å². The van der Waals surface area contributed by atoms with Crippen LogP contribution in [0.5, 0.6) is 0 Å². The average Bonchev–Trinajstić information content (AvgIpc) is 2.44. The maximum atomic E-state index is 12.4. The van der Waals surface area contributed by atoms with Gasteiger partial charge in [-0.1, -0.05) is 6.92 Å². The van der Waals surface area contributed by atoms with Crippen LogP contribution >= 0.6 is 0 Å². The highest BCUT2D eigenvalue weighted by Gasteiger charge is 2.30. The topological polar surface area (TPSA) is 66.5 Å². The first-order valence-corrected chi connectivity index (χ1v) is 9.75. The lowest BCUT2D eigenvalue weighted by atomic mass is 9.85. The molecule has 6 heteroatoms. The Morgan fingerprint density at radius 2 is 1.95 bits per heavy atom. The molecule has 0 aromatic rings. The van der Waals surface area contributed by atoms with Crippen molar-refractivity contribution in [2.45, 2.75) is 51.3 Å². The number of sulfone groups is 1. The Kier molecular flexibility index (Phi) is 6.66. The Morgan fingerprint density at radius 1 is 1.33 bits per heavy atom. The van der Waals surface area contributed by atoms with Crippen molar-refractivity contribution in [2.24, 2.45) is 11.8 Å². The summed E-state index contributed by atoms with van der Waals surface area (Å²) >= 11 is 0. The van der Waals surface area contributed by atoms with Gasteiger partial charge in [-0.3, -0.25) is 4.79 Å². The smallest absolute Gasteiger partial charge is 0.222 e. The lowest BCUT2D eigenvalue weighted by Gasteiger charge is -2.32. The molecule has 5 nitrogen and oxygen atoms in total. The van der Waals surface area contributed by atoms with E-state index in [2.05, 4.69) is 12.2 Å². The zero-order chi connectivity index (χ0) is 16.2. The zero-order valence-electron chi connectivity index (χ0n) is 13.9. The van der Waals surface area contributed by atoms with E-state index in [4.69, 9.17) is 0 Å². The number of hydrogen-bond acceptors (Lipinski definition) is 4. The van der Waals surface area contributed by atoms with Crippen molar-refractivity contribution in [3.8, 4) is 0 Å². The molecule has 1 amide bonds. The van der Waals surface area contributed by atoms with Gasteiger partial charge in [0, 0.05) is 25.8 Å². The quantitative estimate of drug-likeness (QED) is 0.801. The van der Waals surface area contributed by atoms with Gasteiger partial charge in [-0.2, -0.15) is 0 Å². The fourth-order valence-corrected chi connectivity index (χ4v) is 3.75. The molecule has 4 atom stereocenters. The van der Waals surface area contributed by atoms with Crippen LogP contribution in [-0.4, -0.2) is 56.9 Å². The third kappa shape index (κ3) is 5.25. The van der Waals surface area contributed by atoms with Crippen LogP contribution < -0.4 is 5.32 Å². The summed E-state index contributed by atoms with van der Waals surface area (Å²) in [4.78, 5) is 14.0. The number of piperidine rings is 1. The van der Waals surface area contributed by atoms with Crippen molar-refractivity contribution in [3.63, 3.8) is 0 Å². The van der Waals surface area contributed by atoms with Crippen LogP contribution in [0.2, 0.25) is 0 Å². The molecule has 0 saturated carbocycles. The molecule has 124 valence electrons. The Bertz CT molecular complexity index is 444. The van der Waals surface area contributed by atoms with Crippen molar-refractivity contribution in [3.05, 3.63) is 0 Å². The lowest BCUT2D eigenvalue weighted by Crippen LogP contribution is -2.45. The Morgan fingerprint density at radius 3 is 2.43 bits per heavy atom. The molecular weight excluding hydrogens is 288 g/mol. The van der Waals surface area contributed by atoms with E-state index in [1.54, 1.807) is 25.8 Å². The molecule has 0 aliphatic carbocycles. The summed E-state index contributed by atoms with van der Waals surface area (Å²) in [5.74, 6) is 0.906. The SMILES string of the molecule is CC(CC(=O)N(C)C(C)C(C)S(C)(=O)=O)C1CCCNC1. The fourth-order valence-electron chi connectivity index (χ4n) is 2.85. The van der Waals surface area contributed by atoms with E-state index in [1.807, 2.05) is 0 Å². The molecule has 0 radical (unpaired) electrons. The number of carbonyl (C=O) groups is 1. The van der Waals surface area contributed by atoms with Crippen LogP contribution in [0.3, 0.4) is 0 Å². The van der Waals surface area contributed by atoms with Crippen LogP contribution in [0.4, 0.5) is 0 Å². The number of amides is 1. The van der Waals surface area contributed by atoms with E-state index < -0.39 is 15.1 Å². The van der Waals surface area contributed by atoms with Gasteiger partial charge >= 0.3 is 0 Å². The van der Waals surface area contributed by atoms with E-state index in [1.165, 1.54) is 19.1 Å². The molecular formula is C15H30N2O3S. The number of rotatable bonds is 6. The van der Waals surface area contributed by atoms with Gasteiger partial charge in [0.2, 0.25) is 5.91 Å². The van der Waals surface area contributed by atoms with Gasteiger partial charge in [-0.05, 0) is 51.6 Å². The Hall–Kier alpha value is -0.620. The fraction of sp³-hybridized carbons (Fsp3) is 0.933. The number of carbonyl (C=O) groups excluding carboxylic acids is 1. The number of nitrogens with zero attached hydrogens (tertiary/aromatic N) is 1. The maximum Gasteiger partial charge on any atom is 0.222 e. The molecule has 1 aliphatic heterocycles. The summed E-state index contributed by atoms with van der Waals surface area (Å²) in [6.07, 6.45) is 4.05. The second-order valence-corrected chi connectivity index (χ2v) is 8.97. The average molecular weight is 318 g/mol. The standard InChI is InChI=1S/C15H30N2O3S/c1-11(14-7-6-8-16-10-14)9-15(18)17(4)12(2)13(3)21(5,19)20/h11-14,16H,6-10H2,1-5H3. The minimum Gasteiger partial charge on any atom is -0.342 e. The van der Waals surface area contributed by atoms with Crippen LogP contribution in [0.25, 0.3) is 0 Å². The van der Waals surface area contributed by atoms with Gasteiger partial charge in [-0.15, -0.1) is 0 Å². The zero-order valence-corrected chi connectivity index (χ0v) is 14.7. The van der Waals surface area contributed by atoms with Crippen LogP contribution in [0.1, 0.15) is 40.0 Å². The second-order valence-electron chi connectivity index (χ2n) is 6.57. The summed E-state index contributed by atoms with van der Waals surface area (Å²) < 4.78 is 23.2. The first kappa shape index (κ1) is 18.4. The van der Waals surface area contributed by atoms with Gasteiger partial charge in [-0.25, -0.2) is 8.42 Å². The lowest BCUT2D eigenvalue weighted by molar-refractivity contribution is -0.133. The Balaban J connectivity index is 2.57. The molecule has 1 heterocycles. The maximum absolute atomic E-state index is 12.4. The molecule has 0 aromatic heterocycles. The van der Waals surface area contributed by atoms with Gasteiger partial charge in [0.15, 0.2) is 9.84 Å². The second kappa shape index (κ2) is 7.58. The van der Waals surface area contributed by atoms with Gasteiger partial charge in [0.1, 0.15) is 0 Å². The predicted molar refractivity (Wildman–Crippen MR) is 85.9 cm³/mol. The highest BCUT2D eigenvalue weighted by atomic mass is 32.2. The van der Waals surface area contributed by atoms with Crippen LogP contribution in [0.15, 0.2) is 0 Å². The third-order valence-electron chi connectivity index (χ3n) is 5.00. The molecule has 0 spiro atoms. The third-order valence-corrected chi connectivity index (χ3v) is 6.74. The summed E-state index contributed by atoms with van der Waals surface area (Å²) in [6.45, 7) is 7.64. The van der Waals surface area contributed by atoms with E-state index in [0.717, 1.165) is 13.1 Å². The summed E-state index contributed by atoms with van der Waals surface area (Å²) in [5.41, 5.74) is 0. The van der Waals surface area contributed by atoms with E-state index in [9.17, 15) is 13.2 Å². The Labute approximate surface area is 129 Å². The van der Waals surface area contributed by atoms with Crippen molar-refractivity contribution in [2.75, 3.05) is 26.4 Å². The normalized spacial score (nSPS) is 24.1. The van der Waals surface area contributed by atoms with E-state index >= 15 is 0 Å². The molecule has 1 rings (SSSR count). The highest BCUT2D eigenvalue weighted by Crippen LogP contribution is 2.23. The first-order chi connectivity index (χ1) is 9.64.